The summed E-state index contributed by atoms with van der Waals surface area (Å²) in [6.07, 6.45) is 5.51. The zero-order valence-corrected chi connectivity index (χ0v) is 13.4. The zero-order chi connectivity index (χ0) is 12.5. The van der Waals surface area contributed by atoms with E-state index in [-0.39, 0.29) is 0 Å². The topological polar surface area (TPSA) is 12.0 Å². The minimum atomic E-state index is 0.451. The van der Waals surface area contributed by atoms with Crippen molar-refractivity contribution in [2.45, 2.75) is 52.5 Å². The number of aryl methyl sites for hydroxylation is 1. The second-order valence-corrected chi connectivity index (χ2v) is 7.55. The Kier molecular flexibility index (Phi) is 4.32. The van der Waals surface area contributed by atoms with E-state index in [4.69, 9.17) is 0 Å². The quantitative estimate of drug-likeness (QED) is 0.819. The van der Waals surface area contributed by atoms with Crippen LogP contribution in [0.3, 0.4) is 0 Å². The van der Waals surface area contributed by atoms with Crippen molar-refractivity contribution in [3.05, 3.63) is 20.3 Å². The first-order valence-electron chi connectivity index (χ1n) is 6.56. The Labute approximate surface area is 117 Å². The number of thiophene rings is 1. The molecule has 1 aliphatic rings. The standard InChI is InChI=1S/C14H22BrNS/c1-4-16-13(14(3)7-5-6-8-14)12-9-11(15)10(2)17-12/h9,13,16H,4-8H2,1-3H3. The lowest BCUT2D eigenvalue weighted by Gasteiger charge is -2.34. The van der Waals surface area contributed by atoms with E-state index in [0.29, 0.717) is 11.5 Å². The van der Waals surface area contributed by atoms with Gasteiger partial charge in [-0.2, -0.15) is 0 Å². The Balaban J connectivity index is 2.28. The van der Waals surface area contributed by atoms with E-state index in [0.717, 1.165) is 6.54 Å². The lowest BCUT2D eigenvalue weighted by molar-refractivity contribution is 0.229. The summed E-state index contributed by atoms with van der Waals surface area (Å²) < 4.78 is 1.27. The van der Waals surface area contributed by atoms with Crippen LogP contribution in [0.25, 0.3) is 0 Å². The minimum Gasteiger partial charge on any atom is -0.309 e. The largest absolute Gasteiger partial charge is 0.309 e. The molecule has 0 saturated heterocycles. The van der Waals surface area contributed by atoms with Crippen molar-refractivity contribution >= 4 is 27.3 Å². The van der Waals surface area contributed by atoms with E-state index >= 15 is 0 Å². The van der Waals surface area contributed by atoms with Gasteiger partial charge in [-0.25, -0.2) is 0 Å². The third-order valence-electron chi connectivity index (χ3n) is 4.01. The van der Waals surface area contributed by atoms with Crippen LogP contribution < -0.4 is 5.32 Å². The molecule has 0 amide bonds. The summed E-state index contributed by atoms with van der Waals surface area (Å²) in [6, 6.07) is 2.85. The molecule has 1 N–H and O–H groups in total. The van der Waals surface area contributed by atoms with Gasteiger partial charge in [0.2, 0.25) is 0 Å². The van der Waals surface area contributed by atoms with Gasteiger partial charge < -0.3 is 5.32 Å². The van der Waals surface area contributed by atoms with Crippen molar-refractivity contribution < 1.29 is 0 Å². The number of hydrogen-bond acceptors (Lipinski definition) is 2. The van der Waals surface area contributed by atoms with Gasteiger partial charge >= 0.3 is 0 Å². The number of nitrogens with one attached hydrogen (secondary N) is 1. The molecule has 3 heteroatoms. The molecule has 1 fully saturated rings. The smallest absolute Gasteiger partial charge is 0.0469 e. The lowest BCUT2D eigenvalue weighted by Crippen LogP contribution is -2.33. The fourth-order valence-corrected chi connectivity index (χ4v) is 4.80. The molecular weight excluding hydrogens is 294 g/mol. The van der Waals surface area contributed by atoms with Crippen LogP contribution in [0.5, 0.6) is 0 Å². The molecule has 2 rings (SSSR count). The Bertz CT molecular complexity index is 360. The van der Waals surface area contributed by atoms with Crippen LogP contribution in [0.4, 0.5) is 0 Å². The molecule has 17 heavy (non-hydrogen) atoms. The molecular formula is C14H22BrNS. The molecule has 1 nitrogen and oxygen atoms in total. The second kappa shape index (κ2) is 5.41. The highest BCUT2D eigenvalue weighted by Crippen LogP contribution is 2.49. The van der Waals surface area contributed by atoms with Crippen LogP contribution in [-0.4, -0.2) is 6.54 Å². The maximum Gasteiger partial charge on any atom is 0.0469 e. The van der Waals surface area contributed by atoms with Gasteiger partial charge in [0, 0.05) is 20.3 Å². The van der Waals surface area contributed by atoms with Gasteiger partial charge in [-0.05, 0) is 53.7 Å². The van der Waals surface area contributed by atoms with Crippen molar-refractivity contribution in [3.63, 3.8) is 0 Å². The van der Waals surface area contributed by atoms with Gasteiger partial charge in [-0.1, -0.05) is 26.7 Å². The van der Waals surface area contributed by atoms with Crippen LogP contribution in [0.2, 0.25) is 0 Å². The maximum absolute atomic E-state index is 3.71. The summed E-state index contributed by atoms with van der Waals surface area (Å²) in [7, 11) is 0. The highest BCUT2D eigenvalue weighted by atomic mass is 79.9. The Hall–Kier alpha value is 0.140. The van der Waals surface area contributed by atoms with E-state index in [1.165, 1.54) is 39.9 Å². The maximum atomic E-state index is 3.71. The molecule has 96 valence electrons. The second-order valence-electron chi connectivity index (χ2n) is 5.40. The van der Waals surface area contributed by atoms with Gasteiger partial charge in [0.25, 0.3) is 0 Å². The van der Waals surface area contributed by atoms with Crippen LogP contribution in [0.1, 0.15) is 55.3 Å². The Morgan fingerprint density at radius 3 is 2.59 bits per heavy atom. The zero-order valence-electron chi connectivity index (χ0n) is 11.0. The minimum absolute atomic E-state index is 0.451. The van der Waals surface area contributed by atoms with Crippen molar-refractivity contribution in [1.82, 2.24) is 5.32 Å². The molecule has 1 aromatic heterocycles. The molecule has 1 saturated carbocycles. The molecule has 0 aliphatic heterocycles. The van der Waals surface area contributed by atoms with E-state index in [9.17, 15) is 0 Å². The average molecular weight is 316 g/mol. The van der Waals surface area contributed by atoms with Gasteiger partial charge in [0.15, 0.2) is 0 Å². The van der Waals surface area contributed by atoms with Gasteiger partial charge in [0.1, 0.15) is 0 Å². The van der Waals surface area contributed by atoms with Crippen LogP contribution >= 0.6 is 27.3 Å². The molecule has 1 unspecified atom stereocenters. The lowest BCUT2D eigenvalue weighted by atomic mass is 9.80. The highest BCUT2D eigenvalue weighted by molar-refractivity contribution is 9.10. The Morgan fingerprint density at radius 2 is 2.12 bits per heavy atom. The monoisotopic (exact) mass is 315 g/mol. The van der Waals surface area contributed by atoms with E-state index < -0.39 is 0 Å². The number of rotatable bonds is 4. The first-order chi connectivity index (χ1) is 8.07. The van der Waals surface area contributed by atoms with Crippen molar-refractivity contribution in [1.29, 1.82) is 0 Å². The fourth-order valence-electron chi connectivity index (χ4n) is 2.99. The third kappa shape index (κ3) is 2.77. The summed E-state index contributed by atoms with van der Waals surface area (Å²) >= 11 is 5.58. The summed E-state index contributed by atoms with van der Waals surface area (Å²) in [6.45, 7) is 7.91. The SMILES string of the molecule is CCNC(c1cc(Br)c(C)s1)C1(C)CCCC1. The molecule has 0 bridgehead atoms. The summed E-state index contributed by atoms with van der Waals surface area (Å²) in [5, 5.41) is 3.71. The third-order valence-corrected chi connectivity index (χ3v) is 6.21. The molecule has 1 aromatic rings. The normalized spacial score (nSPS) is 20.7. The van der Waals surface area contributed by atoms with Crippen molar-refractivity contribution in [2.75, 3.05) is 6.54 Å². The molecule has 1 aliphatic carbocycles. The predicted octanol–water partition coefficient (Wildman–Crippen LogP) is 5.05. The first kappa shape index (κ1) is 13.6. The van der Waals surface area contributed by atoms with Crippen molar-refractivity contribution in [2.24, 2.45) is 5.41 Å². The van der Waals surface area contributed by atoms with Gasteiger partial charge in [-0.3, -0.25) is 0 Å². The highest BCUT2D eigenvalue weighted by Gasteiger charge is 2.38. The molecule has 0 radical (unpaired) electrons. The Morgan fingerprint density at radius 1 is 1.47 bits per heavy atom. The van der Waals surface area contributed by atoms with E-state index in [2.05, 4.69) is 48.1 Å². The van der Waals surface area contributed by atoms with E-state index in [1.807, 2.05) is 11.3 Å². The van der Waals surface area contributed by atoms with E-state index in [1.54, 1.807) is 0 Å². The molecule has 1 heterocycles. The van der Waals surface area contributed by atoms with Gasteiger partial charge in [-0.15, -0.1) is 11.3 Å². The fraction of sp³-hybridized carbons (Fsp3) is 0.714. The van der Waals surface area contributed by atoms with Crippen LogP contribution in [-0.2, 0) is 0 Å². The summed E-state index contributed by atoms with van der Waals surface area (Å²) in [5.41, 5.74) is 0.451. The summed E-state index contributed by atoms with van der Waals surface area (Å²) in [4.78, 5) is 2.89. The first-order valence-corrected chi connectivity index (χ1v) is 8.17. The molecule has 0 spiro atoms. The number of halogens is 1. The molecule has 1 atom stereocenters. The van der Waals surface area contributed by atoms with Crippen molar-refractivity contribution in [3.8, 4) is 0 Å². The molecule has 0 aromatic carbocycles. The van der Waals surface area contributed by atoms with Crippen LogP contribution in [0, 0.1) is 12.3 Å². The summed E-state index contributed by atoms with van der Waals surface area (Å²) in [5.74, 6) is 0. The predicted molar refractivity (Wildman–Crippen MR) is 79.7 cm³/mol. The van der Waals surface area contributed by atoms with Crippen LogP contribution in [0.15, 0.2) is 10.5 Å². The average Bonchev–Trinajstić information content (AvgIpc) is 2.84. The number of hydrogen-bond donors (Lipinski definition) is 1. The van der Waals surface area contributed by atoms with Gasteiger partial charge in [0.05, 0.1) is 0 Å².